The molecule has 2 aromatic rings. The van der Waals surface area contributed by atoms with E-state index in [0.29, 0.717) is 28.6 Å². The molecule has 1 aromatic carbocycles. The second kappa shape index (κ2) is 7.92. The molecule has 158 valence electrons. The summed E-state index contributed by atoms with van der Waals surface area (Å²) in [5.74, 6) is 1.45. The molecule has 0 bridgehead atoms. The minimum atomic E-state index is -3.01. The van der Waals surface area contributed by atoms with Crippen LogP contribution in [0.2, 0.25) is 0 Å². The van der Waals surface area contributed by atoms with E-state index < -0.39 is 9.84 Å². The fourth-order valence-electron chi connectivity index (χ4n) is 3.66. The summed E-state index contributed by atoms with van der Waals surface area (Å²) < 4.78 is 30.8. The van der Waals surface area contributed by atoms with Crippen LogP contribution in [0.1, 0.15) is 29.4 Å². The first-order chi connectivity index (χ1) is 14.3. The van der Waals surface area contributed by atoms with Crippen molar-refractivity contribution in [1.29, 1.82) is 0 Å². The van der Waals surface area contributed by atoms with Crippen molar-refractivity contribution in [2.24, 2.45) is 4.99 Å². The highest BCUT2D eigenvalue weighted by Gasteiger charge is 2.32. The van der Waals surface area contributed by atoms with Crippen LogP contribution in [0.4, 0.5) is 10.5 Å². The van der Waals surface area contributed by atoms with Crippen LogP contribution >= 0.6 is 11.8 Å². The number of carbonyl (C=O) groups excluding carboxylic acids is 1. The number of amides is 1. The Balaban J connectivity index is 1.69. The van der Waals surface area contributed by atoms with Gasteiger partial charge in [0.2, 0.25) is 0 Å². The zero-order chi connectivity index (χ0) is 21.5. The molecule has 0 spiro atoms. The van der Waals surface area contributed by atoms with Crippen LogP contribution in [0.25, 0.3) is 6.08 Å². The number of aromatic nitrogens is 2. The molecule has 8 nitrogen and oxygen atoms in total. The Kier molecular flexibility index (Phi) is 5.46. The van der Waals surface area contributed by atoms with Crippen molar-refractivity contribution in [1.82, 2.24) is 15.1 Å². The van der Waals surface area contributed by atoms with E-state index in [1.165, 1.54) is 0 Å². The van der Waals surface area contributed by atoms with Gasteiger partial charge < -0.3 is 10.1 Å². The third-order valence-corrected chi connectivity index (χ3v) is 7.73. The van der Waals surface area contributed by atoms with Crippen LogP contribution < -0.4 is 10.1 Å². The fraction of sp³-hybridized carbons (Fsp3) is 0.350. The quantitative estimate of drug-likeness (QED) is 0.772. The summed E-state index contributed by atoms with van der Waals surface area (Å²) in [5.41, 5.74) is 3.20. The highest BCUT2D eigenvalue weighted by Crippen LogP contribution is 2.32. The molecular formula is C20H22N4O4S2. The third-order valence-electron chi connectivity index (χ3n) is 5.16. The van der Waals surface area contributed by atoms with Gasteiger partial charge in [-0.05, 0) is 50.2 Å². The molecule has 1 unspecified atom stereocenters. The molecule has 1 atom stereocenters. The second-order valence-electron chi connectivity index (χ2n) is 7.27. The van der Waals surface area contributed by atoms with Gasteiger partial charge in [0.25, 0.3) is 5.24 Å². The molecular weight excluding hydrogens is 424 g/mol. The maximum Gasteiger partial charge on any atom is 0.289 e. The number of amidine groups is 1. The number of sulfone groups is 1. The molecule has 0 saturated carbocycles. The van der Waals surface area contributed by atoms with Gasteiger partial charge in [-0.25, -0.2) is 13.4 Å². The Morgan fingerprint density at radius 3 is 2.87 bits per heavy atom. The van der Waals surface area contributed by atoms with E-state index in [-0.39, 0.29) is 22.8 Å². The van der Waals surface area contributed by atoms with Gasteiger partial charge in [-0.3, -0.25) is 9.48 Å². The molecule has 0 aliphatic carbocycles. The minimum Gasteiger partial charge on any atom is -0.497 e. The summed E-state index contributed by atoms with van der Waals surface area (Å²) in [6.45, 7) is 3.80. The number of aryl methyl sites for hydroxylation is 1. The highest BCUT2D eigenvalue weighted by atomic mass is 32.2. The zero-order valence-corrected chi connectivity index (χ0v) is 18.5. The average Bonchev–Trinajstić information content (AvgIpc) is 3.32. The normalized spacial score (nSPS) is 23.3. The lowest BCUT2D eigenvalue weighted by Crippen LogP contribution is -2.18. The van der Waals surface area contributed by atoms with E-state index in [1.54, 1.807) is 17.9 Å². The van der Waals surface area contributed by atoms with Crippen LogP contribution in [-0.2, 0) is 9.84 Å². The Hall–Kier alpha value is -2.59. The molecule has 2 saturated heterocycles. The highest BCUT2D eigenvalue weighted by molar-refractivity contribution is 8.18. The van der Waals surface area contributed by atoms with Crippen LogP contribution in [0.3, 0.4) is 0 Å². The van der Waals surface area contributed by atoms with E-state index in [0.717, 1.165) is 28.7 Å². The molecule has 4 rings (SSSR count). The van der Waals surface area contributed by atoms with Gasteiger partial charge in [-0.15, -0.1) is 0 Å². The smallest absolute Gasteiger partial charge is 0.289 e. The number of hydrogen-bond acceptors (Lipinski definition) is 7. The van der Waals surface area contributed by atoms with E-state index >= 15 is 0 Å². The largest absolute Gasteiger partial charge is 0.497 e. The minimum absolute atomic E-state index is 0.113. The first-order valence-electron chi connectivity index (χ1n) is 9.45. The number of ether oxygens (including phenoxy) is 1. The second-order valence-corrected chi connectivity index (χ2v) is 10.5. The van der Waals surface area contributed by atoms with Gasteiger partial charge in [-0.2, -0.15) is 5.10 Å². The molecule has 1 amide bonds. The molecule has 2 fully saturated rings. The summed E-state index contributed by atoms with van der Waals surface area (Å²) in [6, 6.07) is 7.13. The number of benzene rings is 1. The Morgan fingerprint density at radius 2 is 2.17 bits per heavy atom. The Labute approximate surface area is 179 Å². The first-order valence-corrected chi connectivity index (χ1v) is 12.1. The van der Waals surface area contributed by atoms with Crippen molar-refractivity contribution in [3.63, 3.8) is 0 Å². The lowest BCUT2D eigenvalue weighted by atomic mass is 10.1. The van der Waals surface area contributed by atoms with Crippen LogP contribution in [0.15, 0.2) is 34.2 Å². The van der Waals surface area contributed by atoms with Gasteiger partial charge in [0, 0.05) is 17.3 Å². The fourth-order valence-corrected chi connectivity index (χ4v) is 6.07. The summed E-state index contributed by atoms with van der Waals surface area (Å²) in [4.78, 5) is 17.3. The molecule has 3 heterocycles. The SMILES string of the molecule is COc1cccc(N=C2NC(=O)S/C2=C\c2c(C)nn(C3CCS(=O)(=O)C3)c2C)c1. The summed E-state index contributed by atoms with van der Waals surface area (Å²) in [5, 5.41) is 7.17. The van der Waals surface area contributed by atoms with E-state index in [9.17, 15) is 13.2 Å². The molecule has 1 N–H and O–H groups in total. The third kappa shape index (κ3) is 4.15. The maximum atomic E-state index is 12.0. The summed E-state index contributed by atoms with van der Waals surface area (Å²) in [7, 11) is -1.42. The molecule has 1 aromatic heterocycles. The first kappa shape index (κ1) is 20.7. The molecule has 2 aliphatic rings. The van der Waals surface area contributed by atoms with Crippen LogP contribution in [-0.4, -0.2) is 47.9 Å². The van der Waals surface area contributed by atoms with Crippen molar-refractivity contribution in [2.75, 3.05) is 18.6 Å². The topological polar surface area (TPSA) is 103 Å². The van der Waals surface area contributed by atoms with E-state index in [1.807, 2.05) is 38.1 Å². The Bertz CT molecular complexity index is 1180. The van der Waals surface area contributed by atoms with Gasteiger partial charge in [0.1, 0.15) is 11.6 Å². The van der Waals surface area contributed by atoms with Crippen molar-refractivity contribution in [2.45, 2.75) is 26.3 Å². The summed E-state index contributed by atoms with van der Waals surface area (Å²) >= 11 is 1.07. The number of nitrogens with zero attached hydrogens (tertiary/aromatic N) is 3. The number of carbonyl (C=O) groups is 1. The number of methoxy groups -OCH3 is 1. The monoisotopic (exact) mass is 446 g/mol. The number of hydrogen-bond donors (Lipinski definition) is 1. The molecule has 30 heavy (non-hydrogen) atoms. The zero-order valence-electron chi connectivity index (χ0n) is 16.9. The predicted molar refractivity (Wildman–Crippen MR) is 118 cm³/mol. The van der Waals surface area contributed by atoms with E-state index in [2.05, 4.69) is 15.4 Å². The Morgan fingerprint density at radius 1 is 1.37 bits per heavy atom. The summed E-state index contributed by atoms with van der Waals surface area (Å²) in [6.07, 6.45) is 2.46. The van der Waals surface area contributed by atoms with Crippen LogP contribution in [0.5, 0.6) is 5.75 Å². The van der Waals surface area contributed by atoms with Crippen molar-refractivity contribution in [3.8, 4) is 5.75 Å². The number of nitrogens with one attached hydrogen (secondary N) is 1. The van der Waals surface area contributed by atoms with E-state index in [4.69, 9.17) is 4.74 Å². The molecule has 0 radical (unpaired) electrons. The number of aliphatic imine (C=N–C) groups is 1. The van der Waals surface area contributed by atoms with Crippen molar-refractivity contribution in [3.05, 3.63) is 46.1 Å². The number of thioether (sulfide) groups is 1. The lowest BCUT2D eigenvalue weighted by molar-refractivity contribution is 0.265. The van der Waals surface area contributed by atoms with Gasteiger partial charge >= 0.3 is 0 Å². The standard InChI is InChI=1S/C20H22N4O4S2/c1-12-17(13(2)24(23-12)15-7-8-30(26,27)11-15)10-18-19(22-20(25)29-18)21-14-5-4-6-16(9-14)28-3/h4-6,9-10,15H,7-8,11H2,1-3H3,(H,21,22,25)/b18-10-. The van der Waals surface area contributed by atoms with Gasteiger partial charge in [0.05, 0.1) is 40.9 Å². The van der Waals surface area contributed by atoms with Crippen molar-refractivity contribution >= 4 is 44.4 Å². The van der Waals surface area contributed by atoms with Crippen molar-refractivity contribution < 1.29 is 17.9 Å². The lowest BCUT2D eigenvalue weighted by Gasteiger charge is -2.11. The molecule has 2 aliphatic heterocycles. The predicted octanol–water partition coefficient (Wildman–Crippen LogP) is 3.40. The van der Waals surface area contributed by atoms with Gasteiger partial charge in [-0.1, -0.05) is 6.07 Å². The number of rotatable bonds is 4. The maximum absolute atomic E-state index is 12.0. The average molecular weight is 447 g/mol. The van der Waals surface area contributed by atoms with Crippen LogP contribution in [0, 0.1) is 13.8 Å². The molecule has 10 heteroatoms. The van der Waals surface area contributed by atoms with Gasteiger partial charge in [0.15, 0.2) is 9.84 Å².